The average molecular weight is 399 g/mol. The minimum atomic E-state index is -0.562. The fourth-order valence-electron chi connectivity index (χ4n) is 2.51. The van der Waals surface area contributed by atoms with Gasteiger partial charge in [-0.25, -0.2) is 0 Å². The highest BCUT2D eigenvalue weighted by molar-refractivity contribution is 8.15. The molecule has 10 nitrogen and oxygen atoms in total. The first-order valence-electron chi connectivity index (χ1n) is 7.99. The van der Waals surface area contributed by atoms with E-state index in [4.69, 9.17) is 0 Å². The molecule has 142 valence electrons. The van der Waals surface area contributed by atoms with E-state index in [1.54, 1.807) is 24.3 Å². The van der Waals surface area contributed by atoms with E-state index >= 15 is 0 Å². The van der Waals surface area contributed by atoms with Crippen LogP contribution in [0.3, 0.4) is 0 Å². The van der Waals surface area contributed by atoms with E-state index < -0.39 is 15.1 Å². The second-order valence-electron chi connectivity index (χ2n) is 5.69. The number of hydrogen-bond donors (Lipinski definition) is 1. The van der Waals surface area contributed by atoms with Gasteiger partial charge in [0, 0.05) is 35.7 Å². The van der Waals surface area contributed by atoms with Crippen LogP contribution in [-0.2, 0) is 11.2 Å². The topological polar surface area (TPSA) is 140 Å². The number of nitrogens with zero attached hydrogens (tertiary/aromatic N) is 4. The summed E-state index contributed by atoms with van der Waals surface area (Å²) >= 11 is 1.12. The molecule has 1 heterocycles. The third-order valence-electron chi connectivity index (χ3n) is 3.81. The van der Waals surface area contributed by atoms with Gasteiger partial charge < -0.3 is 5.32 Å². The first-order chi connectivity index (χ1) is 13.4. The molecule has 0 radical (unpaired) electrons. The fraction of sp³-hybridized carbons (Fsp3) is 0.118. The lowest BCUT2D eigenvalue weighted by molar-refractivity contribution is -0.385. The van der Waals surface area contributed by atoms with Gasteiger partial charge >= 0.3 is 0 Å². The summed E-state index contributed by atoms with van der Waals surface area (Å²) in [5.74, 6) is -0.313. The van der Waals surface area contributed by atoms with Gasteiger partial charge in [-0.1, -0.05) is 42.1 Å². The smallest absolute Gasteiger partial charge is 0.272 e. The summed E-state index contributed by atoms with van der Waals surface area (Å²) in [7, 11) is 0. The average Bonchev–Trinajstić information content (AvgIpc) is 3.01. The van der Waals surface area contributed by atoms with Crippen molar-refractivity contribution < 1.29 is 14.6 Å². The van der Waals surface area contributed by atoms with Crippen molar-refractivity contribution in [2.45, 2.75) is 11.7 Å². The summed E-state index contributed by atoms with van der Waals surface area (Å²) in [6.45, 7) is 0. The number of benzene rings is 2. The molecular weight excluding hydrogens is 386 g/mol. The van der Waals surface area contributed by atoms with Gasteiger partial charge in [0.2, 0.25) is 5.91 Å². The molecule has 1 atom stereocenters. The fourth-order valence-corrected chi connectivity index (χ4v) is 3.47. The largest absolute Gasteiger partial charge is 0.303 e. The molecule has 0 spiro atoms. The Hall–Kier alpha value is -3.60. The molecule has 28 heavy (non-hydrogen) atoms. The van der Waals surface area contributed by atoms with Crippen molar-refractivity contribution in [3.8, 4) is 0 Å². The maximum Gasteiger partial charge on any atom is 0.272 e. The number of hydrogen-bond acceptors (Lipinski definition) is 8. The van der Waals surface area contributed by atoms with E-state index in [0.717, 1.165) is 11.8 Å². The van der Waals surface area contributed by atoms with E-state index in [1.165, 1.54) is 30.5 Å². The number of nitrogens with one attached hydrogen (secondary N) is 1. The zero-order chi connectivity index (χ0) is 20.1. The van der Waals surface area contributed by atoms with Crippen LogP contribution in [0.25, 0.3) is 0 Å². The van der Waals surface area contributed by atoms with Gasteiger partial charge in [-0.05, 0) is 0 Å². The number of amides is 1. The van der Waals surface area contributed by atoms with Crippen molar-refractivity contribution in [1.82, 2.24) is 5.32 Å². The normalized spacial score (nSPS) is 17.8. The van der Waals surface area contributed by atoms with Crippen LogP contribution in [-0.4, -0.2) is 32.4 Å². The van der Waals surface area contributed by atoms with E-state index in [1.807, 2.05) is 0 Å². The SMILES string of the molecule is O=C1N/C(=N\N=C/c2cccc([N+](=O)[O-])c2)SC1Cc1ccccc1[N+](=O)[O-]. The van der Waals surface area contributed by atoms with Crippen molar-refractivity contribution in [2.24, 2.45) is 10.2 Å². The summed E-state index contributed by atoms with van der Waals surface area (Å²) in [4.78, 5) is 33.0. The van der Waals surface area contributed by atoms with Crippen molar-refractivity contribution in [3.63, 3.8) is 0 Å². The Morgan fingerprint density at radius 1 is 1.11 bits per heavy atom. The van der Waals surface area contributed by atoms with Crippen LogP contribution in [0.15, 0.2) is 58.7 Å². The van der Waals surface area contributed by atoms with Crippen molar-refractivity contribution >= 4 is 40.4 Å². The van der Waals surface area contributed by atoms with Crippen molar-refractivity contribution in [3.05, 3.63) is 79.9 Å². The third kappa shape index (κ3) is 4.57. The lowest BCUT2D eigenvalue weighted by Crippen LogP contribution is -2.26. The summed E-state index contributed by atoms with van der Waals surface area (Å²) in [6.07, 6.45) is 1.52. The second-order valence-corrected chi connectivity index (χ2v) is 6.88. The van der Waals surface area contributed by atoms with Crippen molar-refractivity contribution in [1.29, 1.82) is 0 Å². The molecule has 3 rings (SSSR count). The minimum absolute atomic E-state index is 0.0371. The number of carbonyl (C=O) groups is 1. The minimum Gasteiger partial charge on any atom is -0.303 e. The Kier molecular flexibility index (Phi) is 5.75. The molecular formula is C17H13N5O5S. The number of non-ortho nitro benzene ring substituents is 1. The zero-order valence-electron chi connectivity index (χ0n) is 14.2. The van der Waals surface area contributed by atoms with Gasteiger partial charge in [0.15, 0.2) is 5.17 Å². The van der Waals surface area contributed by atoms with Gasteiger partial charge in [0.1, 0.15) is 0 Å². The van der Waals surface area contributed by atoms with Crippen LogP contribution in [0.2, 0.25) is 0 Å². The molecule has 11 heteroatoms. The molecule has 0 aromatic heterocycles. The molecule has 0 aliphatic carbocycles. The molecule has 1 N–H and O–H groups in total. The molecule has 0 saturated carbocycles. The Bertz CT molecular complexity index is 1010. The highest BCUT2D eigenvalue weighted by atomic mass is 32.2. The third-order valence-corrected chi connectivity index (χ3v) is 4.88. The standard InChI is InChI=1S/C17H13N5O5S/c23-16-15(9-12-5-1-2-7-14(12)22(26)27)28-17(19-16)20-18-10-11-4-3-6-13(8-11)21(24)25/h1-8,10,15H,9H2,(H,19,20,23)/b18-10-. The van der Waals surface area contributed by atoms with E-state index in [0.29, 0.717) is 11.1 Å². The van der Waals surface area contributed by atoms with E-state index in [2.05, 4.69) is 15.5 Å². The molecule has 0 bridgehead atoms. The molecule has 1 amide bonds. The van der Waals surface area contributed by atoms with Crippen LogP contribution >= 0.6 is 11.8 Å². The molecule has 1 aliphatic rings. The number of thioether (sulfide) groups is 1. The maximum absolute atomic E-state index is 12.1. The van der Waals surface area contributed by atoms with Gasteiger partial charge in [-0.3, -0.25) is 25.0 Å². The van der Waals surface area contributed by atoms with Crippen molar-refractivity contribution in [2.75, 3.05) is 0 Å². The summed E-state index contributed by atoms with van der Waals surface area (Å²) in [6, 6.07) is 12.1. The van der Waals surface area contributed by atoms with Gasteiger partial charge in [0.25, 0.3) is 11.4 Å². The Morgan fingerprint density at radius 3 is 2.64 bits per heavy atom. The van der Waals surface area contributed by atoms with Crippen LogP contribution < -0.4 is 5.32 Å². The number of amidine groups is 1. The van der Waals surface area contributed by atoms with Gasteiger partial charge in [0.05, 0.1) is 21.3 Å². The van der Waals surface area contributed by atoms with E-state index in [-0.39, 0.29) is 28.9 Å². The van der Waals surface area contributed by atoms with Crippen LogP contribution in [0.4, 0.5) is 11.4 Å². The number of carbonyl (C=O) groups excluding carboxylic acids is 1. The highest BCUT2D eigenvalue weighted by Crippen LogP contribution is 2.27. The van der Waals surface area contributed by atoms with E-state index in [9.17, 15) is 25.0 Å². The predicted molar refractivity (Wildman–Crippen MR) is 104 cm³/mol. The first-order valence-corrected chi connectivity index (χ1v) is 8.87. The van der Waals surface area contributed by atoms with Gasteiger partial charge in [-0.15, -0.1) is 5.10 Å². The number of rotatable bonds is 6. The summed E-state index contributed by atoms with van der Waals surface area (Å²) in [5, 5.41) is 31.9. The highest BCUT2D eigenvalue weighted by Gasteiger charge is 2.32. The molecule has 1 unspecified atom stereocenters. The Labute approximate surface area is 162 Å². The predicted octanol–water partition coefficient (Wildman–Crippen LogP) is 2.67. The van der Waals surface area contributed by atoms with Crippen LogP contribution in [0.5, 0.6) is 0 Å². The first kappa shape index (κ1) is 19.2. The van der Waals surface area contributed by atoms with Gasteiger partial charge in [-0.2, -0.15) is 5.10 Å². The number of nitro benzene ring substituents is 2. The lowest BCUT2D eigenvalue weighted by Gasteiger charge is -2.05. The lowest BCUT2D eigenvalue weighted by atomic mass is 10.1. The molecule has 1 fully saturated rings. The maximum atomic E-state index is 12.1. The van der Waals surface area contributed by atoms with Crippen LogP contribution in [0.1, 0.15) is 11.1 Å². The number of nitro groups is 2. The van der Waals surface area contributed by atoms with Crippen LogP contribution in [0, 0.1) is 20.2 Å². The Morgan fingerprint density at radius 2 is 1.89 bits per heavy atom. The quantitative estimate of drug-likeness (QED) is 0.450. The molecule has 1 aliphatic heterocycles. The molecule has 2 aromatic carbocycles. The summed E-state index contributed by atoms with van der Waals surface area (Å²) in [5.41, 5.74) is 0.848. The zero-order valence-corrected chi connectivity index (χ0v) is 15.0. The Balaban J connectivity index is 1.68. The molecule has 1 saturated heterocycles. The summed E-state index contributed by atoms with van der Waals surface area (Å²) < 4.78 is 0. The monoisotopic (exact) mass is 399 g/mol. The number of para-hydroxylation sites is 1. The molecule has 2 aromatic rings. The second kappa shape index (κ2) is 8.39.